The zero-order valence-electron chi connectivity index (χ0n) is 12.3. The SMILES string of the molecule is CCC(CC)C(C)NS(=O)(=O)c1c(NN)nc2sccn12. The van der Waals surface area contributed by atoms with E-state index in [1.807, 2.05) is 6.92 Å². The van der Waals surface area contributed by atoms with Crippen LogP contribution in [-0.2, 0) is 10.0 Å². The molecule has 4 N–H and O–H groups in total. The van der Waals surface area contributed by atoms with Gasteiger partial charge in [-0.05, 0) is 12.8 Å². The Morgan fingerprint density at radius 3 is 2.67 bits per heavy atom. The van der Waals surface area contributed by atoms with Gasteiger partial charge in [0.1, 0.15) is 0 Å². The van der Waals surface area contributed by atoms with Crippen LogP contribution in [0, 0.1) is 5.92 Å². The largest absolute Gasteiger partial charge is 0.306 e. The van der Waals surface area contributed by atoms with Crippen molar-refractivity contribution in [1.29, 1.82) is 0 Å². The fraction of sp³-hybridized carbons (Fsp3) is 0.583. The molecule has 1 unspecified atom stereocenters. The Morgan fingerprint density at radius 1 is 1.43 bits per heavy atom. The molecule has 0 saturated heterocycles. The van der Waals surface area contributed by atoms with E-state index in [0.29, 0.717) is 10.9 Å². The molecule has 0 aliphatic heterocycles. The van der Waals surface area contributed by atoms with Crippen molar-refractivity contribution >= 4 is 32.1 Å². The van der Waals surface area contributed by atoms with Crippen LogP contribution >= 0.6 is 11.3 Å². The van der Waals surface area contributed by atoms with Gasteiger partial charge in [-0.1, -0.05) is 26.7 Å². The average Bonchev–Trinajstić information content (AvgIpc) is 2.98. The van der Waals surface area contributed by atoms with Gasteiger partial charge in [-0.15, -0.1) is 11.3 Å². The molecule has 0 amide bonds. The summed E-state index contributed by atoms with van der Waals surface area (Å²) < 4.78 is 29.6. The highest BCUT2D eigenvalue weighted by atomic mass is 32.2. The molecule has 118 valence electrons. The highest BCUT2D eigenvalue weighted by Crippen LogP contribution is 2.26. The number of nitrogens with two attached hydrogens (primary N) is 1. The molecule has 0 spiro atoms. The van der Waals surface area contributed by atoms with Crippen molar-refractivity contribution in [3.05, 3.63) is 11.6 Å². The summed E-state index contributed by atoms with van der Waals surface area (Å²) in [6.07, 6.45) is 3.51. The molecule has 0 fully saturated rings. The van der Waals surface area contributed by atoms with E-state index in [-0.39, 0.29) is 16.9 Å². The Kier molecular flexibility index (Phi) is 4.87. The summed E-state index contributed by atoms with van der Waals surface area (Å²) in [6, 6.07) is -0.153. The van der Waals surface area contributed by atoms with Crippen LogP contribution in [0.1, 0.15) is 33.6 Å². The maximum absolute atomic E-state index is 12.7. The van der Waals surface area contributed by atoms with Crippen LogP contribution < -0.4 is 16.0 Å². The van der Waals surface area contributed by atoms with Crippen LogP contribution in [0.2, 0.25) is 0 Å². The van der Waals surface area contributed by atoms with Crippen LogP contribution in [0.15, 0.2) is 16.6 Å². The van der Waals surface area contributed by atoms with Gasteiger partial charge in [0.15, 0.2) is 10.8 Å². The molecule has 0 bridgehead atoms. The summed E-state index contributed by atoms with van der Waals surface area (Å²) in [6.45, 7) is 6.00. The van der Waals surface area contributed by atoms with Gasteiger partial charge in [-0.25, -0.2) is 19.0 Å². The zero-order valence-corrected chi connectivity index (χ0v) is 14.0. The van der Waals surface area contributed by atoms with E-state index >= 15 is 0 Å². The van der Waals surface area contributed by atoms with Crippen LogP contribution in [0.5, 0.6) is 0 Å². The molecule has 0 aromatic carbocycles. The summed E-state index contributed by atoms with van der Waals surface area (Å²) in [5.74, 6) is 5.85. The maximum Gasteiger partial charge on any atom is 0.260 e. The Hall–Kier alpha value is -1.16. The predicted molar refractivity (Wildman–Crippen MR) is 84.7 cm³/mol. The number of nitrogen functional groups attached to an aromatic ring is 1. The summed E-state index contributed by atoms with van der Waals surface area (Å²) in [5, 5.41) is 1.84. The molecule has 2 rings (SSSR count). The summed E-state index contributed by atoms with van der Waals surface area (Å²) in [4.78, 5) is 4.76. The lowest BCUT2D eigenvalue weighted by atomic mass is 9.96. The minimum atomic E-state index is -3.71. The fourth-order valence-electron chi connectivity index (χ4n) is 2.51. The molecule has 0 aliphatic rings. The number of imidazole rings is 1. The second kappa shape index (κ2) is 6.30. The number of fused-ring (bicyclic) bond motifs is 1. The van der Waals surface area contributed by atoms with Crippen LogP contribution in [0.25, 0.3) is 4.96 Å². The van der Waals surface area contributed by atoms with Crippen LogP contribution in [0.4, 0.5) is 5.82 Å². The van der Waals surface area contributed by atoms with Gasteiger partial charge in [0.05, 0.1) is 0 Å². The first-order valence-electron chi connectivity index (χ1n) is 6.89. The van der Waals surface area contributed by atoms with Crippen LogP contribution in [-0.4, -0.2) is 23.8 Å². The Labute approximate surface area is 128 Å². The number of hydrazine groups is 1. The van der Waals surface area contributed by atoms with E-state index in [1.54, 1.807) is 11.6 Å². The lowest BCUT2D eigenvalue weighted by Crippen LogP contribution is -2.38. The Morgan fingerprint density at radius 2 is 2.10 bits per heavy atom. The highest BCUT2D eigenvalue weighted by Gasteiger charge is 2.28. The van der Waals surface area contributed by atoms with E-state index in [2.05, 4.69) is 29.0 Å². The van der Waals surface area contributed by atoms with Gasteiger partial charge in [-0.2, -0.15) is 4.98 Å². The molecule has 21 heavy (non-hydrogen) atoms. The normalized spacial score (nSPS) is 14.0. The van der Waals surface area contributed by atoms with Crippen molar-refractivity contribution in [1.82, 2.24) is 14.1 Å². The van der Waals surface area contributed by atoms with E-state index in [9.17, 15) is 8.42 Å². The van der Waals surface area contributed by atoms with Crippen molar-refractivity contribution < 1.29 is 8.42 Å². The van der Waals surface area contributed by atoms with Gasteiger partial charge in [0, 0.05) is 17.6 Å². The second-order valence-corrected chi connectivity index (χ2v) is 7.45. The number of nitrogens with zero attached hydrogens (tertiary/aromatic N) is 2. The maximum atomic E-state index is 12.7. The molecule has 7 nitrogen and oxygen atoms in total. The lowest BCUT2D eigenvalue weighted by Gasteiger charge is -2.22. The summed E-state index contributed by atoms with van der Waals surface area (Å²) in [5.41, 5.74) is 2.36. The van der Waals surface area contributed by atoms with Gasteiger partial charge in [0.2, 0.25) is 5.03 Å². The topological polar surface area (TPSA) is 102 Å². The number of hydrogen-bond acceptors (Lipinski definition) is 6. The predicted octanol–water partition coefficient (Wildman–Crippen LogP) is 1.78. The number of rotatable bonds is 7. The number of thiazole rings is 1. The van der Waals surface area contributed by atoms with E-state index < -0.39 is 10.0 Å². The van der Waals surface area contributed by atoms with Crippen molar-refractivity contribution in [2.75, 3.05) is 5.43 Å². The van der Waals surface area contributed by atoms with Gasteiger partial charge in [-0.3, -0.25) is 4.40 Å². The first-order valence-corrected chi connectivity index (χ1v) is 9.25. The van der Waals surface area contributed by atoms with Crippen molar-refractivity contribution in [2.24, 2.45) is 11.8 Å². The second-order valence-electron chi connectivity index (χ2n) is 4.95. The smallest absolute Gasteiger partial charge is 0.260 e. The van der Waals surface area contributed by atoms with Crippen molar-refractivity contribution in [3.8, 4) is 0 Å². The molecule has 2 aromatic rings. The molecule has 0 radical (unpaired) electrons. The molecular formula is C12H21N5O2S2. The quantitative estimate of drug-likeness (QED) is 0.530. The summed E-state index contributed by atoms with van der Waals surface area (Å²) in [7, 11) is -3.71. The third-order valence-electron chi connectivity index (χ3n) is 3.71. The first kappa shape index (κ1) is 16.2. The first-order chi connectivity index (χ1) is 9.94. The monoisotopic (exact) mass is 331 g/mol. The Bertz CT molecular complexity index is 702. The number of aromatic nitrogens is 2. The molecule has 0 saturated carbocycles. The number of anilines is 1. The highest BCUT2D eigenvalue weighted by molar-refractivity contribution is 7.89. The van der Waals surface area contributed by atoms with Gasteiger partial charge < -0.3 is 5.43 Å². The molecule has 1 atom stereocenters. The van der Waals surface area contributed by atoms with Crippen molar-refractivity contribution in [2.45, 2.75) is 44.7 Å². The summed E-state index contributed by atoms with van der Waals surface area (Å²) >= 11 is 1.35. The van der Waals surface area contributed by atoms with Crippen LogP contribution in [0.3, 0.4) is 0 Å². The third-order valence-corrected chi connectivity index (χ3v) is 6.04. The zero-order chi connectivity index (χ0) is 15.6. The van der Waals surface area contributed by atoms with E-state index in [0.717, 1.165) is 12.8 Å². The van der Waals surface area contributed by atoms with Gasteiger partial charge >= 0.3 is 0 Å². The van der Waals surface area contributed by atoms with Crippen molar-refractivity contribution in [3.63, 3.8) is 0 Å². The molecule has 0 aliphatic carbocycles. The molecule has 2 heterocycles. The minimum absolute atomic E-state index is 0.0547. The minimum Gasteiger partial charge on any atom is -0.306 e. The molecule has 9 heteroatoms. The molecule has 2 aromatic heterocycles. The number of sulfonamides is 1. The standard InChI is InChI=1S/C12H21N5O2S2/c1-4-9(5-2)8(3)16-21(18,19)11-10(15-13)14-12-17(11)6-7-20-12/h6-9,15-16H,4-5,13H2,1-3H3. The van der Waals surface area contributed by atoms with E-state index in [1.165, 1.54) is 15.7 Å². The lowest BCUT2D eigenvalue weighted by molar-refractivity contribution is 0.390. The number of hydrogen-bond donors (Lipinski definition) is 3. The molecular weight excluding hydrogens is 310 g/mol. The fourth-order valence-corrected chi connectivity index (χ4v) is 4.84. The Balaban J connectivity index is 2.39. The number of nitrogens with one attached hydrogen (secondary N) is 2. The average molecular weight is 331 g/mol. The third kappa shape index (κ3) is 3.05. The van der Waals surface area contributed by atoms with E-state index in [4.69, 9.17) is 5.84 Å². The van der Waals surface area contributed by atoms with Gasteiger partial charge in [0.25, 0.3) is 10.0 Å².